The fourth-order valence-electron chi connectivity index (χ4n) is 2.31. The van der Waals surface area contributed by atoms with Gasteiger partial charge in [-0.25, -0.2) is 0 Å². The van der Waals surface area contributed by atoms with Gasteiger partial charge in [-0.3, -0.25) is 4.98 Å². The van der Waals surface area contributed by atoms with E-state index in [-0.39, 0.29) is 13.2 Å². The fourth-order valence-corrected chi connectivity index (χ4v) is 2.31. The first-order valence-electron chi connectivity index (χ1n) is 7.16. The number of halogens is 2. The summed E-state index contributed by atoms with van der Waals surface area (Å²) in [6, 6.07) is 10.9. The Morgan fingerprint density at radius 2 is 1.96 bits per heavy atom. The van der Waals surface area contributed by atoms with Crippen molar-refractivity contribution in [2.45, 2.75) is 18.8 Å². The van der Waals surface area contributed by atoms with Gasteiger partial charge in [0.2, 0.25) is 0 Å². The third-order valence-corrected chi connectivity index (χ3v) is 3.36. The molecule has 0 aliphatic carbocycles. The summed E-state index contributed by atoms with van der Waals surface area (Å²) in [4.78, 5) is 4.03. The van der Waals surface area contributed by atoms with Crippen LogP contribution in [0.4, 0.5) is 20.2 Å². The number of rotatable bonds is 6. The Morgan fingerprint density at radius 3 is 2.74 bits per heavy atom. The quantitative estimate of drug-likeness (QED) is 0.885. The first-order valence-corrected chi connectivity index (χ1v) is 7.16. The minimum Gasteiger partial charge on any atom is -0.483 e. The van der Waals surface area contributed by atoms with Crippen LogP contribution in [0.15, 0.2) is 48.8 Å². The molecule has 2 heterocycles. The van der Waals surface area contributed by atoms with Gasteiger partial charge in [0.1, 0.15) is 11.9 Å². The van der Waals surface area contributed by atoms with Crippen LogP contribution in [0.2, 0.25) is 0 Å². The van der Waals surface area contributed by atoms with Crippen LogP contribution in [0.1, 0.15) is 0 Å². The lowest BCUT2D eigenvalue weighted by molar-refractivity contribution is -0.175. The lowest BCUT2D eigenvalue weighted by Crippen LogP contribution is -2.34. The smallest absolute Gasteiger partial charge is 0.345 e. The molecule has 2 atom stereocenters. The van der Waals surface area contributed by atoms with Gasteiger partial charge in [0.25, 0.3) is 0 Å². The molecule has 1 saturated heterocycles. The summed E-state index contributed by atoms with van der Waals surface area (Å²) in [6.07, 6.45) is 1.98. The maximum Gasteiger partial charge on any atom is 0.345 e. The standard InChI is InChI=1S/C16H16F2N2O3/c17-16(18)23-15-10-21-9-14(15)22-13-6-2-1-5-12(13)20-11-4-3-7-19-8-11/h1-8,14-16,20H,9-10H2/t14-,15?/m1/s1. The summed E-state index contributed by atoms with van der Waals surface area (Å²) in [7, 11) is 0. The second-order valence-corrected chi connectivity index (χ2v) is 4.99. The van der Waals surface area contributed by atoms with Gasteiger partial charge in [0, 0.05) is 6.20 Å². The topological polar surface area (TPSA) is 52.6 Å². The first kappa shape index (κ1) is 15.6. The van der Waals surface area contributed by atoms with Crippen LogP contribution in [-0.2, 0) is 9.47 Å². The monoisotopic (exact) mass is 322 g/mol. The predicted molar refractivity (Wildman–Crippen MR) is 80.1 cm³/mol. The lowest BCUT2D eigenvalue weighted by atomic mass is 10.2. The summed E-state index contributed by atoms with van der Waals surface area (Å²) in [6.45, 7) is -2.55. The van der Waals surface area contributed by atoms with Crippen molar-refractivity contribution in [2.75, 3.05) is 18.5 Å². The molecule has 7 heteroatoms. The number of hydrogen-bond donors (Lipinski definition) is 1. The van der Waals surface area contributed by atoms with Gasteiger partial charge in [0.05, 0.1) is 30.8 Å². The zero-order valence-electron chi connectivity index (χ0n) is 12.2. The summed E-state index contributed by atoms with van der Waals surface area (Å²) in [5.74, 6) is 0.537. The molecule has 0 amide bonds. The number of nitrogens with one attached hydrogen (secondary N) is 1. The van der Waals surface area contributed by atoms with E-state index in [1.165, 1.54) is 0 Å². The molecule has 3 rings (SSSR count). The highest BCUT2D eigenvalue weighted by Crippen LogP contribution is 2.30. The molecular weight excluding hydrogens is 306 g/mol. The molecule has 122 valence electrons. The summed E-state index contributed by atoms with van der Waals surface area (Å²) < 4.78 is 40.4. The molecule has 1 aromatic carbocycles. The number of nitrogens with zero attached hydrogens (tertiary/aromatic N) is 1. The van der Waals surface area contributed by atoms with Crippen molar-refractivity contribution in [3.05, 3.63) is 48.8 Å². The number of alkyl halides is 2. The van der Waals surface area contributed by atoms with E-state index in [1.807, 2.05) is 30.3 Å². The predicted octanol–water partition coefficient (Wildman–Crippen LogP) is 3.21. The van der Waals surface area contributed by atoms with Crippen molar-refractivity contribution < 1.29 is 23.0 Å². The zero-order valence-corrected chi connectivity index (χ0v) is 12.2. The third kappa shape index (κ3) is 4.14. The maximum absolute atomic E-state index is 12.4. The zero-order chi connectivity index (χ0) is 16.1. The summed E-state index contributed by atoms with van der Waals surface area (Å²) in [5, 5.41) is 3.18. The number of benzene rings is 1. The number of para-hydroxylation sites is 2. The van der Waals surface area contributed by atoms with E-state index >= 15 is 0 Å². The van der Waals surface area contributed by atoms with Crippen LogP contribution < -0.4 is 10.1 Å². The molecular formula is C16H16F2N2O3. The maximum atomic E-state index is 12.4. The highest BCUT2D eigenvalue weighted by molar-refractivity contribution is 5.65. The third-order valence-electron chi connectivity index (χ3n) is 3.36. The summed E-state index contributed by atoms with van der Waals surface area (Å²) in [5.41, 5.74) is 1.51. The van der Waals surface area contributed by atoms with Crippen LogP contribution in [0.3, 0.4) is 0 Å². The molecule has 1 unspecified atom stereocenters. The largest absolute Gasteiger partial charge is 0.483 e. The van der Waals surface area contributed by atoms with Gasteiger partial charge in [0.15, 0.2) is 6.10 Å². The fraction of sp³-hybridized carbons (Fsp3) is 0.312. The lowest BCUT2D eigenvalue weighted by Gasteiger charge is -2.21. The molecule has 1 N–H and O–H groups in total. The van der Waals surface area contributed by atoms with Crippen LogP contribution in [0, 0.1) is 0 Å². The molecule has 1 aliphatic heterocycles. The molecule has 0 saturated carbocycles. The number of anilines is 2. The van der Waals surface area contributed by atoms with Gasteiger partial charge in [-0.05, 0) is 24.3 Å². The van der Waals surface area contributed by atoms with Gasteiger partial charge >= 0.3 is 6.61 Å². The Hall–Kier alpha value is -2.25. The van der Waals surface area contributed by atoms with E-state index in [9.17, 15) is 8.78 Å². The second-order valence-electron chi connectivity index (χ2n) is 4.99. The first-order chi connectivity index (χ1) is 11.2. The van der Waals surface area contributed by atoms with E-state index in [1.54, 1.807) is 18.5 Å². The molecule has 0 bridgehead atoms. The molecule has 0 spiro atoms. The van der Waals surface area contributed by atoms with Gasteiger partial charge < -0.3 is 19.5 Å². The Bertz CT molecular complexity index is 628. The molecule has 23 heavy (non-hydrogen) atoms. The SMILES string of the molecule is FC(F)OC1COC[C@H]1Oc1ccccc1Nc1cccnc1. The molecule has 2 aromatic rings. The number of hydrogen-bond acceptors (Lipinski definition) is 5. The molecule has 5 nitrogen and oxygen atoms in total. The average Bonchev–Trinajstić information content (AvgIpc) is 2.96. The Morgan fingerprint density at radius 1 is 1.13 bits per heavy atom. The molecule has 0 radical (unpaired) electrons. The van der Waals surface area contributed by atoms with E-state index in [4.69, 9.17) is 9.47 Å². The Balaban J connectivity index is 1.73. The van der Waals surface area contributed by atoms with E-state index in [0.29, 0.717) is 11.4 Å². The van der Waals surface area contributed by atoms with Crippen molar-refractivity contribution in [3.8, 4) is 5.75 Å². The minimum absolute atomic E-state index is 0.0905. The van der Waals surface area contributed by atoms with Crippen molar-refractivity contribution in [3.63, 3.8) is 0 Å². The molecule has 1 aliphatic rings. The van der Waals surface area contributed by atoms with Crippen LogP contribution in [0.5, 0.6) is 5.75 Å². The van der Waals surface area contributed by atoms with Crippen molar-refractivity contribution >= 4 is 11.4 Å². The highest BCUT2D eigenvalue weighted by Gasteiger charge is 2.33. The average molecular weight is 322 g/mol. The summed E-state index contributed by atoms with van der Waals surface area (Å²) >= 11 is 0. The van der Waals surface area contributed by atoms with E-state index in [2.05, 4.69) is 15.0 Å². The van der Waals surface area contributed by atoms with E-state index in [0.717, 1.165) is 5.69 Å². The van der Waals surface area contributed by atoms with Gasteiger partial charge in [-0.2, -0.15) is 8.78 Å². The van der Waals surface area contributed by atoms with Crippen molar-refractivity contribution in [2.24, 2.45) is 0 Å². The van der Waals surface area contributed by atoms with Crippen LogP contribution in [-0.4, -0.2) is 37.0 Å². The molecule has 1 fully saturated rings. The number of aromatic nitrogens is 1. The van der Waals surface area contributed by atoms with Gasteiger partial charge in [-0.1, -0.05) is 12.1 Å². The van der Waals surface area contributed by atoms with Crippen LogP contribution >= 0.6 is 0 Å². The Labute approximate surface area is 132 Å². The van der Waals surface area contributed by atoms with Crippen molar-refractivity contribution in [1.29, 1.82) is 0 Å². The number of pyridine rings is 1. The minimum atomic E-state index is -2.85. The Kier molecular flexibility index (Phi) is 4.99. The normalized spacial score (nSPS) is 20.7. The van der Waals surface area contributed by atoms with Crippen molar-refractivity contribution in [1.82, 2.24) is 4.98 Å². The molecule has 1 aromatic heterocycles. The van der Waals surface area contributed by atoms with Crippen LogP contribution in [0.25, 0.3) is 0 Å². The van der Waals surface area contributed by atoms with E-state index < -0.39 is 18.8 Å². The number of ether oxygens (including phenoxy) is 3. The van der Waals surface area contributed by atoms with Gasteiger partial charge in [-0.15, -0.1) is 0 Å². The second kappa shape index (κ2) is 7.34. The highest BCUT2D eigenvalue weighted by atomic mass is 19.3.